The van der Waals surface area contributed by atoms with Gasteiger partial charge in [0.1, 0.15) is 0 Å². The third-order valence-corrected chi connectivity index (χ3v) is 4.14. The third-order valence-electron chi connectivity index (χ3n) is 4.14. The Hall–Kier alpha value is -0.530. The van der Waals surface area contributed by atoms with Crippen LogP contribution in [0.4, 0.5) is 0 Å². The Morgan fingerprint density at radius 3 is 2.05 bits per heavy atom. The van der Waals surface area contributed by atoms with E-state index in [9.17, 15) is 4.79 Å². The van der Waals surface area contributed by atoms with Crippen molar-refractivity contribution >= 4 is 5.97 Å². The van der Waals surface area contributed by atoms with Crippen molar-refractivity contribution in [3.05, 3.63) is 0 Å². The number of hydrogen-bond acceptors (Lipinski definition) is 1. The Balaban J connectivity index is 3.43. The van der Waals surface area contributed by atoms with Gasteiger partial charge in [0.2, 0.25) is 0 Å². The number of hydrogen-bond donors (Lipinski definition) is 1. The maximum atomic E-state index is 10.9. The van der Waals surface area contributed by atoms with Gasteiger partial charge in [-0.1, -0.05) is 78.6 Å². The Kier molecular flexibility index (Phi) is 12.2. The summed E-state index contributed by atoms with van der Waals surface area (Å²) in [5, 5.41) is 8.98. The van der Waals surface area contributed by atoms with Gasteiger partial charge < -0.3 is 5.11 Å². The van der Waals surface area contributed by atoms with Gasteiger partial charge in [-0.3, -0.25) is 4.79 Å². The average Bonchev–Trinajstić information content (AvgIpc) is 2.38. The van der Waals surface area contributed by atoms with Gasteiger partial charge in [0, 0.05) is 0 Å². The fraction of sp³-hybridized carbons (Fsp3) is 0.941. The van der Waals surface area contributed by atoms with Crippen molar-refractivity contribution in [3.8, 4) is 0 Å². The molecule has 0 saturated heterocycles. The van der Waals surface area contributed by atoms with E-state index in [4.69, 9.17) is 5.11 Å². The van der Waals surface area contributed by atoms with E-state index in [2.05, 4.69) is 13.8 Å². The van der Waals surface area contributed by atoms with Gasteiger partial charge in [0.05, 0.1) is 5.92 Å². The van der Waals surface area contributed by atoms with Crippen LogP contribution in [0.5, 0.6) is 0 Å². The van der Waals surface area contributed by atoms with E-state index in [0.717, 1.165) is 25.2 Å². The molecule has 2 atom stereocenters. The van der Waals surface area contributed by atoms with Gasteiger partial charge >= 0.3 is 5.97 Å². The minimum Gasteiger partial charge on any atom is -0.481 e. The summed E-state index contributed by atoms with van der Waals surface area (Å²) in [6.07, 6.45) is 13.4. The largest absolute Gasteiger partial charge is 0.481 e. The summed E-state index contributed by atoms with van der Waals surface area (Å²) in [5.41, 5.74) is 0. The molecule has 0 radical (unpaired) electrons. The summed E-state index contributed by atoms with van der Waals surface area (Å²) < 4.78 is 0. The lowest BCUT2D eigenvalue weighted by molar-refractivity contribution is -0.142. The van der Waals surface area contributed by atoms with Crippen LogP contribution in [0.25, 0.3) is 0 Å². The first kappa shape index (κ1) is 18.5. The van der Waals surface area contributed by atoms with Crippen molar-refractivity contribution < 1.29 is 9.90 Å². The standard InChI is InChI=1S/C17H34O2/c1-4-6-7-8-9-10-12-15(3)13-11-14-16(5-2)17(18)19/h15-16H,4-14H2,1-3H3,(H,18,19). The van der Waals surface area contributed by atoms with Crippen LogP contribution >= 0.6 is 0 Å². The molecular weight excluding hydrogens is 236 g/mol. The van der Waals surface area contributed by atoms with Crippen molar-refractivity contribution in [2.24, 2.45) is 11.8 Å². The molecule has 0 rings (SSSR count). The molecule has 0 heterocycles. The molecule has 0 aromatic rings. The number of carbonyl (C=O) groups is 1. The van der Waals surface area contributed by atoms with E-state index in [0.29, 0.717) is 0 Å². The van der Waals surface area contributed by atoms with E-state index >= 15 is 0 Å². The lowest BCUT2D eigenvalue weighted by Crippen LogP contribution is -2.12. The molecule has 0 aromatic heterocycles. The second kappa shape index (κ2) is 12.5. The highest BCUT2D eigenvalue weighted by atomic mass is 16.4. The minimum absolute atomic E-state index is 0.124. The molecule has 0 aliphatic carbocycles. The van der Waals surface area contributed by atoms with Crippen molar-refractivity contribution in [2.45, 2.75) is 91.4 Å². The summed E-state index contributed by atoms with van der Waals surface area (Å²) in [5.74, 6) is 0.0183. The maximum Gasteiger partial charge on any atom is 0.306 e. The first-order chi connectivity index (χ1) is 9.11. The molecule has 0 fully saturated rings. The molecule has 0 spiro atoms. The van der Waals surface area contributed by atoms with E-state index in [1.807, 2.05) is 6.92 Å². The normalized spacial score (nSPS) is 14.3. The number of unbranched alkanes of at least 4 members (excludes halogenated alkanes) is 5. The SMILES string of the molecule is CCCCCCCCC(C)CCCC(CC)C(=O)O. The summed E-state index contributed by atoms with van der Waals surface area (Å²) in [6, 6.07) is 0. The Morgan fingerprint density at radius 1 is 0.895 bits per heavy atom. The van der Waals surface area contributed by atoms with E-state index in [1.165, 1.54) is 51.4 Å². The van der Waals surface area contributed by atoms with Crippen molar-refractivity contribution in [1.29, 1.82) is 0 Å². The summed E-state index contributed by atoms with van der Waals surface area (Å²) in [6.45, 7) is 6.54. The topological polar surface area (TPSA) is 37.3 Å². The Labute approximate surface area is 120 Å². The number of carboxylic acids is 1. The van der Waals surface area contributed by atoms with Gasteiger partial charge in [0.15, 0.2) is 0 Å². The van der Waals surface area contributed by atoms with Gasteiger partial charge in [-0.15, -0.1) is 0 Å². The zero-order valence-electron chi connectivity index (χ0n) is 13.3. The molecule has 2 unspecified atom stereocenters. The zero-order chi connectivity index (χ0) is 14.5. The second-order valence-electron chi connectivity index (χ2n) is 6.04. The van der Waals surface area contributed by atoms with E-state index < -0.39 is 5.97 Å². The van der Waals surface area contributed by atoms with Gasteiger partial charge in [0.25, 0.3) is 0 Å². The second-order valence-corrected chi connectivity index (χ2v) is 6.04. The van der Waals surface area contributed by atoms with Crippen molar-refractivity contribution in [2.75, 3.05) is 0 Å². The van der Waals surface area contributed by atoms with E-state index in [-0.39, 0.29) is 5.92 Å². The lowest BCUT2D eigenvalue weighted by atomic mass is 9.93. The van der Waals surface area contributed by atoms with Crippen LogP contribution in [0.1, 0.15) is 91.4 Å². The molecule has 0 aliphatic heterocycles. The molecule has 0 bridgehead atoms. The third kappa shape index (κ3) is 11.0. The molecule has 2 heteroatoms. The van der Waals surface area contributed by atoms with Crippen LogP contribution in [-0.2, 0) is 4.79 Å². The number of rotatable bonds is 13. The first-order valence-electron chi connectivity index (χ1n) is 8.34. The average molecular weight is 270 g/mol. The van der Waals surface area contributed by atoms with Gasteiger partial charge in [-0.25, -0.2) is 0 Å². The van der Waals surface area contributed by atoms with Crippen LogP contribution in [-0.4, -0.2) is 11.1 Å². The summed E-state index contributed by atoms with van der Waals surface area (Å²) in [4.78, 5) is 10.9. The quantitative estimate of drug-likeness (QED) is 0.439. The molecule has 2 nitrogen and oxygen atoms in total. The highest BCUT2D eigenvalue weighted by Crippen LogP contribution is 2.20. The first-order valence-corrected chi connectivity index (χ1v) is 8.34. The fourth-order valence-corrected chi connectivity index (χ4v) is 2.63. The highest BCUT2D eigenvalue weighted by molar-refractivity contribution is 5.69. The fourth-order valence-electron chi connectivity index (χ4n) is 2.63. The molecule has 0 aromatic carbocycles. The maximum absolute atomic E-state index is 10.9. The van der Waals surface area contributed by atoms with Crippen molar-refractivity contribution in [1.82, 2.24) is 0 Å². The molecule has 0 saturated carbocycles. The molecule has 0 aliphatic rings. The smallest absolute Gasteiger partial charge is 0.306 e. The molecule has 19 heavy (non-hydrogen) atoms. The monoisotopic (exact) mass is 270 g/mol. The van der Waals surface area contributed by atoms with Crippen LogP contribution < -0.4 is 0 Å². The predicted octanol–water partition coefficient (Wildman–Crippen LogP) is 5.65. The number of carboxylic acid groups (broad SMARTS) is 1. The van der Waals surface area contributed by atoms with Crippen LogP contribution in [0.2, 0.25) is 0 Å². The molecule has 0 amide bonds. The van der Waals surface area contributed by atoms with Gasteiger partial charge in [-0.05, 0) is 18.8 Å². The summed E-state index contributed by atoms with van der Waals surface area (Å²) >= 11 is 0. The Morgan fingerprint density at radius 2 is 1.47 bits per heavy atom. The summed E-state index contributed by atoms with van der Waals surface area (Å²) in [7, 11) is 0. The molecule has 114 valence electrons. The van der Waals surface area contributed by atoms with Crippen molar-refractivity contribution in [3.63, 3.8) is 0 Å². The van der Waals surface area contributed by atoms with E-state index in [1.54, 1.807) is 0 Å². The lowest BCUT2D eigenvalue weighted by Gasteiger charge is -2.13. The number of aliphatic carboxylic acids is 1. The predicted molar refractivity (Wildman–Crippen MR) is 82.4 cm³/mol. The van der Waals surface area contributed by atoms with Crippen LogP contribution in [0, 0.1) is 11.8 Å². The zero-order valence-corrected chi connectivity index (χ0v) is 13.3. The van der Waals surface area contributed by atoms with Crippen LogP contribution in [0.3, 0.4) is 0 Å². The van der Waals surface area contributed by atoms with Gasteiger partial charge in [-0.2, -0.15) is 0 Å². The molecule has 1 N–H and O–H groups in total. The highest BCUT2D eigenvalue weighted by Gasteiger charge is 2.14. The molecular formula is C17H34O2. The Bertz CT molecular complexity index is 213. The van der Waals surface area contributed by atoms with Crippen LogP contribution in [0.15, 0.2) is 0 Å². The minimum atomic E-state index is -0.619.